The van der Waals surface area contributed by atoms with Crippen LogP contribution in [0.15, 0.2) is 42.6 Å². The van der Waals surface area contributed by atoms with Crippen molar-refractivity contribution in [3.05, 3.63) is 48.2 Å². The Morgan fingerprint density at radius 3 is 2.90 bits per heavy atom. The smallest absolute Gasteiger partial charge is 0.225 e. The highest BCUT2D eigenvalue weighted by molar-refractivity contribution is 5.88. The predicted molar refractivity (Wildman–Crippen MR) is 82.1 cm³/mol. The molecule has 3 aromatic rings. The van der Waals surface area contributed by atoms with E-state index in [-0.39, 0.29) is 0 Å². The summed E-state index contributed by atoms with van der Waals surface area (Å²) in [7, 11) is 1.59. The maximum absolute atomic E-state index is 5.95. The molecule has 6 heteroatoms. The Kier molecular flexibility index (Phi) is 3.51. The standard InChI is InChI=1S/C15H15N5O/c1-21-13-8-10(6-7-17-13)9-18-15-19-12-5-3-2-4-11(12)14(16)20-15/h2-8H,9H2,1H3,(H3,16,18,19,20). The Hall–Kier alpha value is -2.89. The molecule has 0 aliphatic carbocycles. The van der Waals surface area contributed by atoms with Crippen molar-refractivity contribution < 1.29 is 4.74 Å². The molecule has 0 aliphatic heterocycles. The maximum Gasteiger partial charge on any atom is 0.225 e. The average Bonchev–Trinajstić information content (AvgIpc) is 2.53. The second kappa shape index (κ2) is 5.62. The van der Waals surface area contributed by atoms with Gasteiger partial charge >= 0.3 is 0 Å². The molecule has 0 radical (unpaired) electrons. The molecule has 1 aromatic carbocycles. The van der Waals surface area contributed by atoms with Gasteiger partial charge in [-0.1, -0.05) is 12.1 Å². The van der Waals surface area contributed by atoms with Crippen molar-refractivity contribution in [1.82, 2.24) is 15.0 Å². The van der Waals surface area contributed by atoms with E-state index in [0.717, 1.165) is 16.5 Å². The summed E-state index contributed by atoms with van der Waals surface area (Å²) in [5.74, 6) is 1.55. The number of rotatable bonds is 4. The number of aromatic nitrogens is 3. The normalized spacial score (nSPS) is 10.5. The van der Waals surface area contributed by atoms with E-state index >= 15 is 0 Å². The Morgan fingerprint density at radius 1 is 1.19 bits per heavy atom. The highest BCUT2D eigenvalue weighted by Crippen LogP contribution is 2.19. The fraction of sp³-hybridized carbons (Fsp3) is 0.133. The molecule has 21 heavy (non-hydrogen) atoms. The summed E-state index contributed by atoms with van der Waals surface area (Å²) in [6, 6.07) is 11.4. The van der Waals surface area contributed by atoms with Gasteiger partial charge in [0, 0.05) is 24.2 Å². The average molecular weight is 281 g/mol. The van der Waals surface area contributed by atoms with Gasteiger partial charge in [-0.15, -0.1) is 0 Å². The number of ether oxygens (including phenoxy) is 1. The van der Waals surface area contributed by atoms with Crippen LogP contribution in [0.5, 0.6) is 5.88 Å². The first-order chi connectivity index (χ1) is 10.3. The Labute approximate surface area is 122 Å². The molecular formula is C15H15N5O. The third kappa shape index (κ3) is 2.84. The third-order valence-electron chi connectivity index (χ3n) is 3.09. The Bertz CT molecular complexity index is 775. The molecule has 3 rings (SSSR count). The molecule has 3 N–H and O–H groups in total. The molecule has 0 unspecified atom stereocenters. The molecule has 6 nitrogen and oxygen atoms in total. The van der Waals surface area contributed by atoms with Gasteiger partial charge in [0.15, 0.2) is 0 Å². The maximum atomic E-state index is 5.95. The first kappa shape index (κ1) is 13.1. The molecular weight excluding hydrogens is 266 g/mol. The summed E-state index contributed by atoms with van der Waals surface area (Å²) in [5, 5.41) is 4.01. The van der Waals surface area contributed by atoms with Gasteiger partial charge in [0.05, 0.1) is 12.6 Å². The van der Waals surface area contributed by atoms with Gasteiger partial charge in [0.2, 0.25) is 11.8 Å². The van der Waals surface area contributed by atoms with Crippen LogP contribution in [0.1, 0.15) is 5.56 Å². The van der Waals surface area contributed by atoms with E-state index in [1.54, 1.807) is 13.3 Å². The first-order valence-corrected chi connectivity index (χ1v) is 6.51. The van der Waals surface area contributed by atoms with E-state index in [0.29, 0.717) is 24.2 Å². The van der Waals surface area contributed by atoms with Gasteiger partial charge < -0.3 is 15.8 Å². The highest BCUT2D eigenvalue weighted by atomic mass is 16.5. The SMILES string of the molecule is COc1cc(CNc2nc(N)c3ccccc3n2)ccn1. The Balaban J connectivity index is 1.81. The molecule has 106 valence electrons. The quantitative estimate of drug-likeness (QED) is 0.762. The lowest BCUT2D eigenvalue weighted by molar-refractivity contribution is 0.397. The highest BCUT2D eigenvalue weighted by Gasteiger charge is 2.04. The largest absolute Gasteiger partial charge is 0.481 e. The lowest BCUT2D eigenvalue weighted by Crippen LogP contribution is -2.06. The zero-order chi connectivity index (χ0) is 14.7. The van der Waals surface area contributed by atoms with Crippen LogP contribution in [0, 0.1) is 0 Å². The van der Waals surface area contributed by atoms with Crippen molar-refractivity contribution in [3.63, 3.8) is 0 Å². The summed E-state index contributed by atoms with van der Waals surface area (Å²) < 4.78 is 5.09. The summed E-state index contributed by atoms with van der Waals surface area (Å²) in [5.41, 5.74) is 7.79. The number of fused-ring (bicyclic) bond motifs is 1. The van der Waals surface area contributed by atoms with Crippen molar-refractivity contribution in [2.24, 2.45) is 0 Å². The molecule has 0 fully saturated rings. The van der Waals surface area contributed by atoms with Crippen molar-refractivity contribution in [3.8, 4) is 5.88 Å². The zero-order valence-corrected chi connectivity index (χ0v) is 11.6. The molecule has 0 aliphatic rings. The first-order valence-electron chi connectivity index (χ1n) is 6.51. The molecule has 0 amide bonds. The van der Waals surface area contributed by atoms with Crippen LogP contribution >= 0.6 is 0 Å². The number of anilines is 2. The molecule has 0 spiro atoms. The number of nitrogens with two attached hydrogens (primary N) is 1. The van der Waals surface area contributed by atoms with Crippen LogP contribution < -0.4 is 15.8 Å². The summed E-state index contributed by atoms with van der Waals surface area (Å²) in [6.07, 6.45) is 1.70. The molecule has 0 bridgehead atoms. The van der Waals surface area contributed by atoms with Gasteiger partial charge in [0.1, 0.15) is 5.82 Å². The van der Waals surface area contributed by atoms with Crippen LogP contribution in [0.2, 0.25) is 0 Å². The minimum atomic E-state index is 0.468. The molecule has 2 heterocycles. The lowest BCUT2D eigenvalue weighted by Gasteiger charge is -2.08. The van der Waals surface area contributed by atoms with Gasteiger partial charge in [-0.3, -0.25) is 0 Å². The number of methoxy groups -OCH3 is 1. The van der Waals surface area contributed by atoms with Gasteiger partial charge in [-0.05, 0) is 23.8 Å². The number of para-hydroxylation sites is 1. The van der Waals surface area contributed by atoms with Crippen LogP contribution in [-0.4, -0.2) is 22.1 Å². The van der Waals surface area contributed by atoms with Crippen LogP contribution in [0.25, 0.3) is 10.9 Å². The minimum absolute atomic E-state index is 0.468. The van der Waals surface area contributed by atoms with E-state index in [9.17, 15) is 0 Å². The van der Waals surface area contributed by atoms with Crippen LogP contribution in [0.3, 0.4) is 0 Å². The monoisotopic (exact) mass is 281 g/mol. The van der Waals surface area contributed by atoms with E-state index < -0.39 is 0 Å². The van der Waals surface area contributed by atoms with Crippen LogP contribution in [0.4, 0.5) is 11.8 Å². The number of hydrogen-bond acceptors (Lipinski definition) is 6. The van der Waals surface area contributed by atoms with Crippen molar-refractivity contribution in [2.45, 2.75) is 6.54 Å². The second-order valence-electron chi connectivity index (χ2n) is 4.51. The third-order valence-corrected chi connectivity index (χ3v) is 3.09. The number of nitrogens with one attached hydrogen (secondary N) is 1. The second-order valence-corrected chi connectivity index (χ2v) is 4.51. The van der Waals surface area contributed by atoms with E-state index in [4.69, 9.17) is 10.5 Å². The Morgan fingerprint density at radius 2 is 2.05 bits per heavy atom. The van der Waals surface area contributed by atoms with Crippen molar-refractivity contribution in [1.29, 1.82) is 0 Å². The molecule has 2 aromatic heterocycles. The zero-order valence-electron chi connectivity index (χ0n) is 11.6. The fourth-order valence-corrected chi connectivity index (χ4v) is 2.03. The predicted octanol–water partition coefficient (Wildman–Crippen LogP) is 2.23. The molecule has 0 saturated carbocycles. The number of hydrogen-bond donors (Lipinski definition) is 2. The number of benzene rings is 1. The molecule has 0 saturated heterocycles. The lowest BCUT2D eigenvalue weighted by atomic mass is 10.2. The van der Waals surface area contributed by atoms with E-state index in [1.165, 1.54) is 0 Å². The van der Waals surface area contributed by atoms with Gasteiger partial charge in [-0.2, -0.15) is 4.98 Å². The number of pyridine rings is 1. The topological polar surface area (TPSA) is 86.0 Å². The van der Waals surface area contributed by atoms with Crippen molar-refractivity contribution >= 4 is 22.7 Å². The summed E-state index contributed by atoms with van der Waals surface area (Å²) in [4.78, 5) is 12.8. The van der Waals surface area contributed by atoms with E-state index in [1.807, 2.05) is 36.4 Å². The fourth-order valence-electron chi connectivity index (χ4n) is 2.03. The van der Waals surface area contributed by atoms with Crippen LogP contribution in [-0.2, 0) is 6.54 Å². The van der Waals surface area contributed by atoms with Gasteiger partial charge in [0.25, 0.3) is 0 Å². The van der Waals surface area contributed by atoms with Gasteiger partial charge in [-0.25, -0.2) is 9.97 Å². The number of nitrogen functional groups attached to an aromatic ring is 1. The summed E-state index contributed by atoms with van der Waals surface area (Å²) in [6.45, 7) is 0.566. The minimum Gasteiger partial charge on any atom is -0.481 e. The summed E-state index contributed by atoms with van der Waals surface area (Å²) >= 11 is 0. The molecule has 0 atom stereocenters. The van der Waals surface area contributed by atoms with E-state index in [2.05, 4.69) is 20.3 Å². The number of nitrogens with zero attached hydrogens (tertiary/aromatic N) is 3. The van der Waals surface area contributed by atoms with Crippen molar-refractivity contribution in [2.75, 3.05) is 18.2 Å².